The van der Waals surface area contributed by atoms with Gasteiger partial charge in [0, 0.05) is 12.8 Å². The van der Waals surface area contributed by atoms with Gasteiger partial charge in [0.05, 0.1) is 19.3 Å². The van der Waals surface area contributed by atoms with Crippen molar-refractivity contribution < 1.29 is 4.74 Å². The van der Waals surface area contributed by atoms with Crippen molar-refractivity contribution in [3.8, 4) is 0 Å². The van der Waals surface area contributed by atoms with Crippen LogP contribution in [0.1, 0.15) is 18.9 Å². The number of aromatic nitrogens is 2. The molecule has 4 nitrogen and oxygen atoms in total. The summed E-state index contributed by atoms with van der Waals surface area (Å²) in [6.07, 6.45) is 6.01. The first-order valence-corrected chi connectivity index (χ1v) is 5.16. The number of nitrogens with two attached hydrogens (primary N) is 1. The van der Waals surface area contributed by atoms with Crippen LogP contribution in [0.4, 0.5) is 0 Å². The molecule has 2 N–H and O–H groups in total. The van der Waals surface area contributed by atoms with E-state index in [2.05, 4.69) is 11.3 Å². The lowest BCUT2D eigenvalue weighted by Gasteiger charge is -2.00. The second kappa shape index (κ2) is 6.56. The van der Waals surface area contributed by atoms with Crippen LogP contribution >= 0.6 is 0 Å². The fourth-order valence-corrected chi connectivity index (χ4v) is 1.27. The van der Waals surface area contributed by atoms with Crippen molar-refractivity contribution in [1.82, 2.24) is 9.78 Å². The molecule has 0 unspecified atom stereocenters. The molecule has 0 saturated carbocycles. The van der Waals surface area contributed by atoms with Gasteiger partial charge in [0.15, 0.2) is 0 Å². The van der Waals surface area contributed by atoms with E-state index in [9.17, 15) is 0 Å². The zero-order valence-electron chi connectivity index (χ0n) is 8.78. The smallest absolute Gasteiger partial charge is 0.0662 e. The molecule has 1 aromatic rings. The van der Waals surface area contributed by atoms with Crippen molar-refractivity contribution in [1.29, 1.82) is 0 Å². The Kier molecular flexibility index (Phi) is 5.25. The Morgan fingerprint density at radius 3 is 3.14 bits per heavy atom. The van der Waals surface area contributed by atoms with Crippen molar-refractivity contribution in [2.75, 3.05) is 19.8 Å². The van der Waals surface area contributed by atoms with Gasteiger partial charge in [-0.2, -0.15) is 5.10 Å². The second-order valence-electron chi connectivity index (χ2n) is 3.20. The maximum Gasteiger partial charge on any atom is 0.0662 e. The van der Waals surface area contributed by atoms with Crippen molar-refractivity contribution in [2.24, 2.45) is 5.73 Å². The molecule has 1 heterocycles. The third kappa shape index (κ3) is 3.89. The van der Waals surface area contributed by atoms with Crippen LogP contribution in [-0.4, -0.2) is 29.5 Å². The first-order valence-electron chi connectivity index (χ1n) is 5.16. The number of nitrogens with zero attached hydrogens (tertiary/aromatic N) is 2. The Morgan fingerprint density at radius 1 is 1.57 bits per heavy atom. The Morgan fingerprint density at radius 2 is 2.43 bits per heavy atom. The summed E-state index contributed by atoms with van der Waals surface area (Å²) in [5.41, 5.74) is 6.69. The molecular weight excluding hydrogens is 178 g/mol. The number of hydrogen-bond donors (Lipinski definition) is 1. The summed E-state index contributed by atoms with van der Waals surface area (Å²) in [5.74, 6) is 0. The molecule has 0 aliphatic rings. The van der Waals surface area contributed by atoms with E-state index in [0.717, 1.165) is 39.1 Å². The normalized spacial score (nSPS) is 10.7. The van der Waals surface area contributed by atoms with Gasteiger partial charge in [0.1, 0.15) is 0 Å². The highest BCUT2D eigenvalue weighted by Crippen LogP contribution is 2.00. The summed E-state index contributed by atoms with van der Waals surface area (Å²) >= 11 is 0. The molecule has 0 spiro atoms. The number of aryl methyl sites for hydroxylation is 1. The lowest BCUT2D eigenvalue weighted by molar-refractivity contribution is 0.136. The number of hydrogen-bond acceptors (Lipinski definition) is 3. The topological polar surface area (TPSA) is 53.1 Å². The SMILES string of the molecule is CCOCCn1cc(CCCN)cn1. The lowest BCUT2D eigenvalue weighted by Crippen LogP contribution is -2.06. The minimum Gasteiger partial charge on any atom is -0.380 e. The quantitative estimate of drug-likeness (QED) is 0.658. The van der Waals surface area contributed by atoms with E-state index in [1.165, 1.54) is 5.56 Å². The standard InChI is InChI=1S/C10H19N3O/c1-2-14-7-6-13-9-10(8-12-13)4-3-5-11/h8-9H,2-7,11H2,1H3. The van der Waals surface area contributed by atoms with Gasteiger partial charge in [-0.3, -0.25) is 4.68 Å². The predicted octanol–water partition coefficient (Wildman–Crippen LogP) is 0.811. The van der Waals surface area contributed by atoms with Crippen LogP contribution in [0.15, 0.2) is 12.4 Å². The van der Waals surface area contributed by atoms with Gasteiger partial charge < -0.3 is 10.5 Å². The van der Waals surface area contributed by atoms with Crippen LogP contribution in [0.2, 0.25) is 0 Å². The summed E-state index contributed by atoms with van der Waals surface area (Å²) in [5, 5.41) is 4.24. The van der Waals surface area contributed by atoms with Crippen LogP contribution in [0, 0.1) is 0 Å². The van der Waals surface area contributed by atoms with E-state index >= 15 is 0 Å². The Balaban J connectivity index is 2.27. The molecule has 0 aliphatic heterocycles. The molecule has 0 saturated heterocycles. The highest BCUT2D eigenvalue weighted by molar-refractivity contribution is 5.03. The van der Waals surface area contributed by atoms with Crippen LogP contribution in [0.25, 0.3) is 0 Å². The van der Waals surface area contributed by atoms with Gasteiger partial charge >= 0.3 is 0 Å². The Labute approximate surface area is 85.0 Å². The molecule has 80 valence electrons. The van der Waals surface area contributed by atoms with Crippen molar-refractivity contribution in [3.63, 3.8) is 0 Å². The van der Waals surface area contributed by atoms with Crippen molar-refractivity contribution in [2.45, 2.75) is 26.3 Å². The van der Waals surface area contributed by atoms with E-state index in [1.54, 1.807) is 0 Å². The van der Waals surface area contributed by atoms with Crippen molar-refractivity contribution in [3.05, 3.63) is 18.0 Å². The summed E-state index contributed by atoms with van der Waals surface area (Å²) in [7, 11) is 0. The average Bonchev–Trinajstić information content (AvgIpc) is 2.63. The van der Waals surface area contributed by atoms with Gasteiger partial charge in [-0.25, -0.2) is 0 Å². The fraction of sp³-hybridized carbons (Fsp3) is 0.700. The third-order valence-electron chi connectivity index (χ3n) is 2.03. The highest BCUT2D eigenvalue weighted by Gasteiger charge is 1.97. The monoisotopic (exact) mass is 197 g/mol. The first-order chi connectivity index (χ1) is 6.86. The minimum atomic E-state index is 0.731. The second-order valence-corrected chi connectivity index (χ2v) is 3.20. The molecule has 0 bridgehead atoms. The molecule has 0 aliphatic carbocycles. The molecule has 1 aromatic heterocycles. The fourth-order valence-electron chi connectivity index (χ4n) is 1.27. The number of ether oxygens (including phenoxy) is 1. The summed E-state index contributed by atoms with van der Waals surface area (Å²) in [6, 6.07) is 0. The molecule has 0 atom stereocenters. The van der Waals surface area contributed by atoms with Gasteiger partial charge in [0.25, 0.3) is 0 Å². The van der Waals surface area contributed by atoms with Gasteiger partial charge in [-0.05, 0) is 31.9 Å². The number of rotatable bonds is 7. The van der Waals surface area contributed by atoms with E-state index in [1.807, 2.05) is 17.8 Å². The summed E-state index contributed by atoms with van der Waals surface area (Å²) in [6.45, 7) is 5.06. The molecule has 1 rings (SSSR count). The lowest BCUT2D eigenvalue weighted by atomic mass is 10.2. The maximum atomic E-state index is 5.43. The average molecular weight is 197 g/mol. The van der Waals surface area contributed by atoms with Crippen LogP contribution in [-0.2, 0) is 17.7 Å². The molecule has 14 heavy (non-hydrogen) atoms. The van der Waals surface area contributed by atoms with Gasteiger partial charge in [-0.1, -0.05) is 0 Å². The molecule has 0 fully saturated rings. The molecule has 0 radical (unpaired) electrons. The minimum absolute atomic E-state index is 0.731. The Bertz CT molecular complexity index is 247. The molecule has 0 aromatic carbocycles. The van der Waals surface area contributed by atoms with Gasteiger partial charge in [0.2, 0.25) is 0 Å². The zero-order valence-corrected chi connectivity index (χ0v) is 8.78. The summed E-state index contributed by atoms with van der Waals surface area (Å²) < 4.78 is 7.17. The van der Waals surface area contributed by atoms with E-state index in [0.29, 0.717) is 0 Å². The summed E-state index contributed by atoms with van der Waals surface area (Å²) in [4.78, 5) is 0. The predicted molar refractivity (Wildman–Crippen MR) is 56.1 cm³/mol. The third-order valence-corrected chi connectivity index (χ3v) is 2.03. The van der Waals surface area contributed by atoms with Gasteiger partial charge in [-0.15, -0.1) is 0 Å². The van der Waals surface area contributed by atoms with E-state index in [4.69, 9.17) is 10.5 Å². The van der Waals surface area contributed by atoms with E-state index < -0.39 is 0 Å². The van der Waals surface area contributed by atoms with Crippen LogP contribution in [0.5, 0.6) is 0 Å². The molecule has 4 heteroatoms. The first kappa shape index (κ1) is 11.2. The zero-order chi connectivity index (χ0) is 10.2. The van der Waals surface area contributed by atoms with E-state index in [-0.39, 0.29) is 0 Å². The molecular formula is C10H19N3O. The van der Waals surface area contributed by atoms with Crippen LogP contribution in [0.3, 0.4) is 0 Å². The molecule has 0 amide bonds. The maximum absolute atomic E-state index is 5.43. The Hall–Kier alpha value is -0.870. The highest BCUT2D eigenvalue weighted by atomic mass is 16.5. The van der Waals surface area contributed by atoms with Crippen LogP contribution < -0.4 is 5.73 Å². The van der Waals surface area contributed by atoms with Crippen molar-refractivity contribution >= 4 is 0 Å². The largest absolute Gasteiger partial charge is 0.380 e.